The Balaban J connectivity index is 1.62. The summed E-state index contributed by atoms with van der Waals surface area (Å²) in [4.78, 5) is 22.0. The van der Waals surface area contributed by atoms with E-state index in [0.717, 1.165) is 21.9 Å². The number of carbonyl (C=O) groups is 1. The molecule has 0 bridgehead atoms. The number of thioether (sulfide) groups is 1. The van der Waals surface area contributed by atoms with Crippen molar-refractivity contribution in [2.75, 3.05) is 26.0 Å². The lowest BCUT2D eigenvalue weighted by molar-refractivity contribution is -0.140. The molecule has 7 heteroatoms. The van der Waals surface area contributed by atoms with Crippen LogP contribution in [0.3, 0.4) is 0 Å². The minimum atomic E-state index is 0.0892. The SMILES string of the molecule is COc1ccc2nc(SCC(=O)N3C[C@@H](C)O[C@H](C)C3)[nH]c2c1. The summed E-state index contributed by atoms with van der Waals surface area (Å²) in [6, 6.07) is 5.68. The molecule has 1 N–H and O–H groups in total. The quantitative estimate of drug-likeness (QED) is 0.869. The predicted octanol–water partition coefficient (Wildman–Crippen LogP) is 2.30. The molecule has 124 valence electrons. The van der Waals surface area contributed by atoms with Gasteiger partial charge >= 0.3 is 0 Å². The Bertz CT molecular complexity index is 693. The Hall–Kier alpha value is -1.73. The van der Waals surface area contributed by atoms with Crippen molar-refractivity contribution in [3.05, 3.63) is 18.2 Å². The number of nitrogens with one attached hydrogen (secondary N) is 1. The van der Waals surface area contributed by atoms with E-state index in [-0.39, 0.29) is 18.1 Å². The Labute approximate surface area is 139 Å². The van der Waals surface area contributed by atoms with Crippen molar-refractivity contribution in [3.63, 3.8) is 0 Å². The van der Waals surface area contributed by atoms with Gasteiger partial charge < -0.3 is 19.4 Å². The molecule has 0 saturated carbocycles. The number of aromatic amines is 1. The minimum Gasteiger partial charge on any atom is -0.497 e. The van der Waals surface area contributed by atoms with Crippen molar-refractivity contribution < 1.29 is 14.3 Å². The van der Waals surface area contributed by atoms with E-state index in [2.05, 4.69) is 9.97 Å². The van der Waals surface area contributed by atoms with Crippen molar-refractivity contribution in [2.45, 2.75) is 31.2 Å². The molecule has 0 spiro atoms. The van der Waals surface area contributed by atoms with E-state index in [9.17, 15) is 4.79 Å². The second-order valence-corrected chi connectivity index (χ2v) is 6.73. The third kappa shape index (κ3) is 3.79. The summed E-state index contributed by atoms with van der Waals surface area (Å²) in [6.45, 7) is 5.30. The first kappa shape index (κ1) is 16.1. The third-order valence-corrected chi connectivity index (χ3v) is 4.63. The van der Waals surface area contributed by atoms with Crippen molar-refractivity contribution in [1.29, 1.82) is 0 Å². The molecule has 1 fully saturated rings. The van der Waals surface area contributed by atoms with Crippen LogP contribution in [0, 0.1) is 0 Å². The zero-order chi connectivity index (χ0) is 16.4. The van der Waals surface area contributed by atoms with Gasteiger partial charge in [-0.05, 0) is 26.0 Å². The number of benzene rings is 1. The number of ether oxygens (including phenoxy) is 2. The van der Waals surface area contributed by atoms with E-state index in [1.807, 2.05) is 36.9 Å². The van der Waals surface area contributed by atoms with E-state index in [4.69, 9.17) is 9.47 Å². The number of nitrogens with zero attached hydrogens (tertiary/aromatic N) is 2. The molecule has 1 aromatic heterocycles. The van der Waals surface area contributed by atoms with Gasteiger partial charge in [-0.1, -0.05) is 11.8 Å². The number of fused-ring (bicyclic) bond motifs is 1. The number of hydrogen-bond donors (Lipinski definition) is 1. The number of imidazole rings is 1. The Morgan fingerprint density at radius 3 is 2.87 bits per heavy atom. The molecular formula is C16H21N3O3S. The summed E-state index contributed by atoms with van der Waals surface area (Å²) in [6.07, 6.45) is 0.178. The van der Waals surface area contributed by atoms with Crippen molar-refractivity contribution in [2.24, 2.45) is 0 Å². The van der Waals surface area contributed by atoms with Crippen LogP contribution in [0.2, 0.25) is 0 Å². The first-order valence-corrected chi connectivity index (χ1v) is 8.63. The lowest BCUT2D eigenvalue weighted by Crippen LogP contribution is -2.48. The molecule has 2 atom stereocenters. The zero-order valence-electron chi connectivity index (χ0n) is 13.5. The Morgan fingerprint density at radius 2 is 2.17 bits per heavy atom. The average Bonchev–Trinajstić information content (AvgIpc) is 2.93. The van der Waals surface area contributed by atoms with Gasteiger partial charge in [0.25, 0.3) is 0 Å². The topological polar surface area (TPSA) is 67.4 Å². The summed E-state index contributed by atoms with van der Waals surface area (Å²) in [5.74, 6) is 1.27. The van der Waals surface area contributed by atoms with E-state index >= 15 is 0 Å². The maximum Gasteiger partial charge on any atom is 0.233 e. The van der Waals surface area contributed by atoms with Crippen LogP contribution in [0.15, 0.2) is 23.4 Å². The molecule has 1 saturated heterocycles. The van der Waals surface area contributed by atoms with Crippen LogP contribution < -0.4 is 4.74 Å². The fourth-order valence-corrected chi connectivity index (χ4v) is 3.55. The third-order valence-electron chi connectivity index (χ3n) is 3.77. The molecule has 0 aliphatic carbocycles. The molecule has 3 rings (SSSR count). The Kier molecular flexibility index (Phi) is 4.77. The highest BCUT2D eigenvalue weighted by Gasteiger charge is 2.25. The number of hydrogen-bond acceptors (Lipinski definition) is 5. The Morgan fingerprint density at radius 1 is 1.43 bits per heavy atom. The van der Waals surface area contributed by atoms with Crippen molar-refractivity contribution in [3.8, 4) is 5.75 Å². The highest BCUT2D eigenvalue weighted by atomic mass is 32.2. The van der Waals surface area contributed by atoms with Crippen LogP contribution in [0.1, 0.15) is 13.8 Å². The average molecular weight is 335 g/mol. The molecule has 1 aliphatic heterocycles. The van der Waals surface area contributed by atoms with Crippen LogP contribution in [-0.4, -0.2) is 58.9 Å². The summed E-state index contributed by atoms with van der Waals surface area (Å²) in [5, 5.41) is 0.746. The van der Waals surface area contributed by atoms with Crippen LogP contribution in [0.4, 0.5) is 0 Å². The van der Waals surface area contributed by atoms with Gasteiger partial charge in [-0.3, -0.25) is 4.79 Å². The normalized spacial score (nSPS) is 21.6. The van der Waals surface area contributed by atoms with Crippen molar-refractivity contribution in [1.82, 2.24) is 14.9 Å². The molecule has 0 radical (unpaired) electrons. The number of H-pyrrole nitrogens is 1. The first-order valence-electron chi connectivity index (χ1n) is 7.65. The smallest absolute Gasteiger partial charge is 0.233 e. The molecule has 1 aliphatic rings. The summed E-state index contributed by atoms with van der Waals surface area (Å²) in [7, 11) is 1.64. The summed E-state index contributed by atoms with van der Waals surface area (Å²) in [5.41, 5.74) is 1.78. The molecule has 23 heavy (non-hydrogen) atoms. The van der Waals surface area contributed by atoms with Gasteiger partial charge in [0.2, 0.25) is 5.91 Å². The van der Waals surface area contributed by atoms with Gasteiger partial charge in [0.1, 0.15) is 5.75 Å². The maximum atomic E-state index is 12.4. The van der Waals surface area contributed by atoms with E-state index in [0.29, 0.717) is 18.8 Å². The van der Waals surface area contributed by atoms with Gasteiger partial charge in [0, 0.05) is 19.2 Å². The molecule has 2 heterocycles. The molecule has 1 amide bonds. The van der Waals surface area contributed by atoms with E-state index in [1.165, 1.54) is 11.8 Å². The van der Waals surface area contributed by atoms with E-state index in [1.54, 1.807) is 7.11 Å². The van der Waals surface area contributed by atoms with Crippen LogP contribution >= 0.6 is 11.8 Å². The second-order valence-electron chi connectivity index (χ2n) is 5.77. The number of rotatable bonds is 4. The number of aromatic nitrogens is 2. The van der Waals surface area contributed by atoms with Gasteiger partial charge in [0.05, 0.1) is 36.1 Å². The van der Waals surface area contributed by atoms with Gasteiger partial charge in [-0.2, -0.15) is 0 Å². The second kappa shape index (κ2) is 6.80. The standard InChI is InChI=1S/C16H21N3O3S/c1-10-7-19(8-11(2)22-10)15(20)9-23-16-17-13-5-4-12(21-3)6-14(13)18-16/h4-6,10-11H,7-9H2,1-3H3,(H,17,18)/t10-,11-/m1/s1. The summed E-state index contributed by atoms with van der Waals surface area (Å²) < 4.78 is 10.9. The van der Waals surface area contributed by atoms with Crippen molar-refractivity contribution >= 4 is 28.7 Å². The van der Waals surface area contributed by atoms with E-state index < -0.39 is 0 Å². The highest BCUT2D eigenvalue weighted by molar-refractivity contribution is 7.99. The van der Waals surface area contributed by atoms with Gasteiger partial charge in [-0.25, -0.2) is 4.98 Å². The molecular weight excluding hydrogens is 314 g/mol. The molecule has 2 aromatic rings. The molecule has 1 aromatic carbocycles. The largest absolute Gasteiger partial charge is 0.497 e. The van der Waals surface area contributed by atoms with Crippen LogP contribution in [0.5, 0.6) is 5.75 Å². The first-order chi connectivity index (χ1) is 11.0. The zero-order valence-corrected chi connectivity index (χ0v) is 14.4. The lowest BCUT2D eigenvalue weighted by atomic mass is 10.2. The number of methoxy groups -OCH3 is 1. The number of carbonyl (C=O) groups excluding carboxylic acids is 1. The van der Waals surface area contributed by atoms with Gasteiger partial charge in [0.15, 0.2) is 5.16 Å². The minimum absolute atomic E-state index is 0.0892. The fraction of sp³-hybridized carbons (Fsp3) is 0.500. The number of morpholine rings is 1. The lowest BCUT2D eigenvalue weighted by Gasteiger charge is -2.35. The molecule has 6 nitrogen and oxygen atoms in total. The van der Waals surface area contributed by atoms with Crippen LogP contribution in [-0.2, 0) is 9.53 Å². The fourth-order valence-electron chi connectivity index (χ4n) is 2.76. The predicted molar refractivity (Wildman–Crippen MR) is 90.0 cm³/mol. The monoisotopic (exact) mass is 335 g/mol. The van der Waals surface area contributed by atoms with Crippen LogP contribution in [0.25, 0.3) is 11.0 Å². The van der Waals surface area contributed by atoms with Gasteiger partial charge in [-0.15, -0.1) is 0 Å². The summed E-state index contributed by atoms with van der Waals surface area (Å²) >= 11 is 1.42. The maximum absolute atomic E-state index is 12.4. The highest BCUT2D eigenvalue weighted by Crippen LogP contribution is 2.23. The number of amides is 1. The molecule has 0 unspecified atom stereocenters.